The van der Waals surface area contributed by atoms with E-state index < -0.39 is 16.0 Å². The third-order valence-corrected chi connectivity index (χ3v) is 1.88. The van der Waals surface area contributed by atoms with Crippen LogP contribution in [-0.4, -0.2) is 19.8 Å². The fourth-order valence-corrected chi connectivity index (χ4v) is 0.884. The lowest BCUT2D eigenvalue weighted by atomic mass is 10.4. The van der Waals surface area contributed by atoms with E-state index in [4.69, 9.17) is 9.29 Å². The zero-order chi connectivity index (χ0) is 8.36. The van der Waals surface area contributed by atoms with Crippen LogP contribution < -0.4 is 0 Å². The quantitative estimate of drug-likeness (QED) is 0.644. The van der Waals surface area contributed by atoms with E-state index in [9.17, 15) is 4.21 Å². The molecule has 1 unspecified atom stereocenters. The molecule has 0 aliphatic carbocycles. The van der Waals surface area contributed by atoms with Crippen LogP contribution in [0.15, 0.2) is 0 Å². The van der Waals surface area contributed by atoms with E-state index in [1.54, 1.807) is 13.8 Å². The van der Waals surface area contributed by atoms with Crippen molar-refractivity contribution in [2.45, 2.75) is 38.7 Å². The van der Waals surface area contributed by atoms with Crippen molar-refractivity contribution in [2.24, 2.45) is 0 Å². The van der Waals surface area contributed by atoms with E-state index in [0.717, 1.165) is 0 Å². The van der Waals surface area contributed by atoms with Crippen LogP contribution in [-0.2, 0) is 15.8 Å². The summed E-state index contributed by atoms with van der Waals surface area (Å²) in [6, 6.07) is 0. The smallest absolute Gasteiger partial charge is 0.185 e. The minimum atomic E-state index is -1.92. The molecular weight excluding hydrogens is 152 g/mol. The van der Waals surface area contributed by atoms with Crippen LogP contribution >= 0.6 is 0 Å². The van der Waals surface area contributed by atoms with Gasteiger partial charge in [-0.1, -0.05) is 0 Å². The van der Waals surface area contributed by atoms with Crippen molar-refractivity contribution in [3.05, 3.63) is 0 Å². The summed E-state index contributed by atoms with van der Waals surface area (Å²) >= 11 is -1.92. The van der Waals surface area contributed by atoms with Crippen LogP contribution in [0.2, 0.25) is 0 Å². The molecule has 0 saturated heterocycles. The lowest BCUT2D eigenvalue weighted by molar-refractivity contribution is -0.00110. The average Bonchev–Trinajstić information content (AvgIpc) is 1.60. The Bertz CT molecular complexity index is 131. The first-order valence-electron chi connectivity index (χ1n) is 3.15. The van der Waals surface area contributed by atoms with Crippen molar-refractivity contribution in [3.8, 4) is 0 Å². The molecule has 62 valence electrons. The molecule has 0 aromatic rings. The Kier molecular flexibility index (Phi) is 3.48. The van der Waals surface area contributed by atoms with Gasteiger partial charge in [-0.3, -0.25) is 0 Å². The normalized spacial score (nSPS) is 15.8. The molecule has 0 spiro atoms. The van der Waals surface area contributed by atoms with Crippen LogP contribution in [0.3, 0.4) is 0 Å². The molecule has 0 aromatic heterocycles. The van der Waals surface area contributed by atoms with Crippen molar-refractivity contribution in [3.63, 3.8) is 0 Å². The average molecular weight is 166 g/mol. The van der Waals surface area contributed by atoms with Crippen molar-refractivity contribution < 1.29 is 13.5 Å². The highest BCUT2D eigenvalue weighted by molar-refractivity contribution is 7.80. The third kappa shape index (κ3) is 3.29. The van der Waals surface area contributed by atoms with Gasteiger partial charge in [-0.15, -0.1) is 0 Å². The standard InChI is InChI=1S/C6H14O3S/c1-5(2)9-6(3,4)10(7)8/h5H,1-4H3,(H,7,8). The predicted octanol–water partition coefficient (Wildman–Crippen LogP) is 1.37. The lowest BCUT2D eigenvalue weighted by Crippen LogP contribution is -2.32. The first-order valence-corrected chi connectivity index (χ1v) is 4.25. The Morgan fingerprint density at radius 3 is 2.00 bits per heavy atom. The Morgan fingerprint density at radius 1 is 1.50 bits per heavy atom. The largest absolute Gasteiger partial charge is 0.357 e. The molecule has 0 bridgehead atoms. The van der Waals surface area contributed by atoms with Gasteiger partial charge in [0.15, 0.2) is 16.0 Å². The topological polar surface area (TPSA) is 46.5 Å². The minimum Gasteiger partial charge on any atom is -0.357 e. The SMILES string of the molecule is CC(C)OC(C)(C)S(=O)O. The molecule has 0 fully saturated rings. The van der Waals surface area contributed by atoms with E-state index >= 15 is 0 Å². The van der Waals surface area contributed by atoms with E-state index in [2.05, 4.69) is 0 Å². The molecule has 0 heterocycles. The summed E-state index contributed by atoms with van der Waals surface area (Å²) in [5, 5.41) is 0. The monoisotopic (exact) mass is 166 g/mol. The second-order valence-electron chi connectivity index (χ2n) is 2.82. The zero-order valence-corrected chi connectivity index (χ0v) is 7.57. The molecular formula is C6H14O3S. The first kappa shape index (κ1) is 10.1. The van der Waals surface area contributed by atoms with Crippen LogP contribution in [0, 0.1) is 0 Å². The van der Waals surface area contributed by atoms with Crippen molar-refractivity contribution >= 4 is 11.1 Å². The molecule has 10 heavy (non-hydrogen) atoms. The second kappa shape index (κ2) is 3.46. The van der Waals surface area contributed by atoms with Gasteiger partial charge in [0.05, 0.1) is 6.10 Å². The van der Waals surface area contributed by atoms with Gasteiger partial charge in [-0.05, 0) is 27.7 Å². The van der Waals surface area contributed by atoms with Crippen LogP contribution in [0.4, 0.5) is 0 Å². The fraction of sp³-hybridized carbons (Fsp3) is 1.00. The maximum absolute atomic E-state index is 10.5. The molecule has 1 atom stereocenters. The Balaban J connectivity index is 4.00. The minimum absolute atomic E-state index is 0.0221. The van der Waals surface area contributed by atoms with E-state index in [1.165, 1.54) is 0 Å². The maximum atomic E-state index is 10.5. The van der Waals surface area contributed by atoms with E-state index in [-0.39, 0.29) is 6.10 Å². The molecule has 0 amide bonds. The highest BCUT2D eigenvalue weighted by Gasteiger charge is 2.26. The van der Waals surface area contributed by atoms with Gasteiger partial charge in [0, 0.05) is 0 Å². The number of hydrogen-bond donors (Lipinski definition) is 1. The van der Waals surface area contributed by atoms with Gasteiger partial charge in [0.2, 0.25) is 0 Å². The fourth-order valence-electron chi connectivity index (χ4n) is 0.609. The van der Waals surface area contributed by atoms with Gasteiger partial charge in [-0.2, -0.15) is 0 Å². The summed E-state index contributed by atoms with van der Waals surface area (Å²) in [5.74, 6) is 0. The highest BCUT2D eigenvalue weighted by Crippen LogP contribution is 2.14. The summed E-state index contributed by atoms with van der Waals surface area (Å²) < 4.78 is 24.4. The highest BCUT2D eigenvalue weighted by atomic mass is 32.2. The van der Waals surface area contributed by atoms with Gasteiger partial charge >= 0.3 is 0 Å². The summed E-state index contributed by atoms with van der Waals surface area (Å²) in [7, 11) is 0. The molecule has 3 nitrogen and oxygen atoms in total. The Morgan fingerprint density at radius 2 is 1.90 bits per heavy atom. The summed E-state index contributed by atoms with van der Waals surface area (Å²) in [6.07, 6.45) is -0.0221. The van der Waals surface area contributed by atoms with Gasteiger partial charge in [-0.25, -0.2) is 4.21 Å². The van der Waals surface area contributed by atoms with E-state index in [1.807, 2.05) is 13.8 Å². The maximum Gasteiger partial charge on any atom is 0.185 e. The summed E-state index contributed by atoms with van der Waals surface area (Å²) in [5.41, 5.74) is 0. The van der Waals surface area contributed by atoms with Crippen LogP contribution in [0.5, 0.6) is 0 Å². The van der Waals surface area contributed by atoms with E-state index in [0.29, 0.717) is 0 Å². The van der Waals surface area contributed by atoms with Crippen LogP contribution in [0.25, 0.3) is 0 Å². The molecule has 0 radical (unpaired) electrons. The summed E-state index contributed by atoms with van der Waals surface area (Å²) in [4.78, 5) is -0.950. The molecule has 0 saturated carbocycles. The lowest BCUT2D eigenvalue weighted by Gasteiger charge is -2.23. The molecule has 0 aromatic carbocycles. The number of hydrogen-bond acceptors (Lipinski definition) is 2. The predicted molar refractivity (Wildman–Crippen MR) is 41.1 cm³/mol. The molecule has 4 heteroatoms. The Labute approximate surface area is 64.1 Å². The van der Waals surface area contributed by atoms with Crippen LogP contribution in [0.1, 0.15) is 27.7 Å². The second-order valence-corrected chi connectivity index (χ2v) is 4.30. The van der Waals surface area contributed by atoms with Gasteiger partial charge in [0.1, 0.15) is 0 Å². The number of ether oxygens (including phenoxy) is 1. The zero-order valence-electron chi connectivity index (χ0n) is 6.75. The first-order chi connectivity index (χ1) is 4.36. The Hall–Kier alpha value is 0.0700. The van der Waals surface area contributed by atoms with Crippen molar-refractivity contribution in [2.75, 3.05) is 0 Å². The van der Waals surface area contributed by atoms with Gasteiger partial charge in [0.25, 0.3) is 0 Å². The molecule has 1 N–H and O–H groups in total. The van der Waals surface area contributed by atoms with Gasteiger partial charge < -0.3 is 9.29 Å². The van der Waals surface area contributed by atoms with Crippen molar-refractivity contribution in [1.82, 2.24) is 0 Å². The summed E-state index contributed by atoms with van der Waals surface area (Å²) in [6.45, 7) is 6.83. The van der Waals surface area contributed by atoms with Crippen molar-refractivity contribution in [1.29, 1.82) is 0 Å². The molecule has 0 aliphatic rings. The molecule has 0 rings (SSSR count). The number of rotatable bonds is 3. The molecule has 0 aliphatic heterocycles. The third-order valence-electron chi connectivity index (χ3n) is 0.940.